The van der Waals surface area contributed by atoms with Gasteiger partial charge < -0.3 is 31.1 Å². The van der Waals surface area contributed by atoms with E-state index in [1.165, 1.54) is 13.8 Å². The number of hydrogen-bond acceptors (Lipinski definition) is 8. The monoisotopic (exact) mass is 357 g/mol. The van der Waals surface area contributed by atoms with Crippen LogP contribution in [0.2, 0.25) is 0 Å². The lowest BCUT2D eigenvalue weighted by Gasteiger charge is -2.24. The summed E-state index contributed by atoms with van der Waals surface area (Å²) in [5.74, 6) is -0.121. The molecule has 1 rings (SSSR count). The first-order valence-corrected chi connectivity index (χ1v) is 8.16. The zero-order valence-electron chi connectivity index (χ0n) is 14.9. The zero-order chi connectivity index (χ0) is 19.1. The summed E-state index contributed by atoms with van der Waals surface area (Å²) >= 11 is 0. The topological polar surface area (TPSA) is 164 Å². The molecule has 0 aliphatic heterocycles. The molecule has 1 unspecified atom stereocenters. The molecule has 0 bridgehead atoms. The van der Waals surface area contributed by atoms with Gasteiger partial charge in [-0.3, -0.25) is 4.79 Å². The van der Waals surface area contributed by atoms with Crippen LogP contribution in [0, 0.1) is 5.92 Å². The highest BCUT2D eigenvalue weighted by molar-refractivity contribution is 5.87. The van der Waals surface area contributed by atoms with Gasteiger partial charge in [0.25, 0.3) is 0 Å². The Labute approximate surface area is 146 Å². The van der Waals surface area contributed by atoms with Crippen LogP contribution in [0.15, 0.2) is 4.52 Å². The van der Waals surface area contributed by atoms with Gasteiger partial charge in [0.2, 0.25) is 5.89 Å². The lowest BCUT2D eigenvalue weighted by Crippen LogP contribution is -2.51. The lowest BCUT2D eigenvalue weighted by molar-refractivity contribution is -0.120. The number of amides is 2. The number of carbonyl (C=O) groups is 2. The Hall–Kier alpha value is -2.04. The molecule has 0 aromatic carbocycles. The van der Waals surface area contributed by atoms with E-state index in [-0.39, 0.29) is 30.0 Å². The summed E-state index contributed by atoms with van der Waals surface area (Å²) < 4.78 is 5.16. The summed E-state index contributed by atoms with van der Waals surface area (Å²) in [7, 11) is 0. The standard InChI is InChI=1S/C15H27N5O5/c1-5-7(2)11(14-19-13(20-25-14)10(16)6-21)17-15(24)18-12(8(3)22)9(4)23/h7-8,10-12,21-22H,5-6,16H2,1-4H3,(H2,17,18,24)/t7?,8-,10+,11+,12+/m1/s1. The Morgan fingerprint density at radius 3 is 2.44 bits per heavy atom. The second-order valence-corrected chi connectivity index (χ2v) is 6.09. The number of Topliss-reactive ketones (excluding diaryl/α,β-unsaturated/α-hetero) is 1. The van der Waals surface area contributed by atoms with E-state index in [1.54, 1.807) is 0 Å². The van der Waals surface area contributed by atoms with Crippen LogP contribution in [0.5, 0.6) is 0 Å². The molecule has 0 radical (unpaired) electrons. The van der Waals surface area contributed by atoms with Crippen LogP contribution < -0.4 is 16.4 Å². The molecule has 0 spiro atoms. The third-order valence-corrected chi connectivity index (χ3v) is 3.96. The van der Waals surface area contributed by atoms with Crippen LogP contribution in [-0.2, 0) is 4.79 Å². The van der Waals surface area contributed by atoms with Gasteiger partial charge in [-0.15, -0.1) is 0 Å². The van der Waals surface area contributed by atoms with E-state index in [0.717, 1.165) is 0 Å². The van der Waals surface area contributed by atoms with Crippen molar-refractivity contribution in [3.63, 3.8) is 0 Å². The quantitative estimate of drug-likeness (QED) is 0.405. The number of aliphatic hydroxyl groups excluding tert-OH is 2. The molecule has 0 fully saturated rings. The van der Waals surface area contributed by atoms with Gasteiger partial charge >= 0.3 is 6.03 Å². The summed E-state index contributed by atoms with van der Waals surface area (Å²) in [6.07, 6.45) is -0.316. The number of aromatic nitrogens is 2. The highest BCUT2D eigenvalue weighted by Crippen LogP contribution is 2.23. The molecule has 1 heterocycles. The van der Waals surface area contributed by atoms with Gasteiger partial charge in [0.05, 0.1) is 18.8 Å². The molecule has 142 valence electrons. The maximum absolute atomic E-state index is 12.2. The van der Waals surface area contributed by atoms with Crippen molar-refractivity contribution in [1.29, 1.82) is 0 Å². The van der Waals surface area contributed by atoms with Crippen LogP contribution >= 0.6 is 0 Å². The second kappa shape index (κ2) is 9.44. The van der Waals surface area contributed by atoms with E-state index in [1.807, 2.05) is 13.8 Å². The Morgan fingerprint density at radius 2 is 1.96 bits per heavy atom. The molecule has 0 saturated heterocycles. The number of hydrogen-bond donors (Lipinski definition) is 5. The number of ketones is 1. The van der Waals surface area contributed by atoms with Crippen molar-refractivity contribution >= 4 is 11.8 Å². The average molecular weight is 357 g/mol. The fraction of sp³-hybridized carbons (Fsp3) is 0.733. The van der Waals surface area contributed by atoms with Crippen molar-refractivity contribution in [1.82, 2.24) is 20.8 Å². The SMILES string of the molecule is CCC(C)[C@H](NC(=O)N[C@H](C(C)=O)[C@@H](C)O)c1nc([C@@H](N)CO)no1. The maximum Gasteiger partial charge on any atom is 0.316 e. The number of nitrogens with one attached hydrogen (secondary N) is 2. The molecule has 0 saturated carbocycles. The molecule has 6 N–H and O–H groups in total. The number of urea groups is 1. The molecule has 1 aromatic heterocycles. The Morgan fingerprint density at radius 1 is 1.32 bits per heavy atom. The molecular formula is C15H27N5O5. The molecule has 5 atom stereocenters. The van der Waals surface area contributed by atoms with Crippen LogP contribution in [-0.4, -0.2) is 50.9 Å². The fourth-order valence-electron chi connectivity index (χ4n) is 2.17. The van der Waals surface area contributed by atoms with Crippen molar-refractivity contribution in [2.45, 2.75) is 58.3 Å². The van der Waals surface area contributed by atoms with E-state index in [4.69, 9.17) is 15.4 Å². The van der Waals surface area contributed by atoms with Gasteiger partial charge in [0.1, 0.15) is 12.1 Å². The molecule has 0 aliphatic rings. The van der Waals surface area contributed by atoms with Gasteiger partial charge in [-0.25, -0.2) is 4.79 Å². The Kier molecular flexibility index (Phi) is 7.94. The molecular weight excluding hydrogens is 330 g/mol. The van der Waals surface area contributed by atoms with Gasteiger partial charge in [0.15, 0.2) is 11.6 Å². The maximum atomic E-state index is 12.2. The third-order valence-electron chi connectivity index (χ3n) is 3.96. The van der Waals surface area contributed by atoms with Gasteiger partial charge in [-0.2, -0.15) is 4.98 Å². The number of rotatable bonds is 9. The highest BCUT2D eigenvalue weighted by atomic mass is 16.5. The van der Waals surface area contributed by atoms with Crippen molar-refractivity contribution in [3.05, 3.63) is 11.7 Å². The number of carbonyl (C=O) groups excluding carboxylic acids is 2. The van der Waals surface area contributed by atoms with Gasteiger partial charge in [0, 0.05) is 0 Å². The normalized spacial score (nSPS) is 17.2. The summed E-state index contributed by atoms with van der Waals surface area (Å²) in [5, 5.41) is 27.5. The minimum absolute atomic E-state index is 0.0493. The smallest absolute Gasteiger partial charge is 0.316 e. The van der Waals surface area contributed by atoms with E-state index < -0.39 is 30.3 Å². The predicted octanol–water partition coefficient (Wildman–Crippen LogP) is -0.213. The van der Waals surface area contributed by atoms with Crippen molar-refractivity contribution in [2.24, 2.45) is 11.7 Å². The summed E-state index contributed by atoms with van der Waals surface area (Å²) in [6, 6.07) is -3.05. The lowest BCUT2D eigenvalue weighted by atomic mass is 9.99. The first-order valence-electron chi connectivity index (χ1n) is 8.16. The minimum atomic E-state index is -1.03. The first-order chi connectivity index (χ1) is 11.7. The van der Waals surface area contributed by atoms with Gasteiger partial charge in [-0.05, 0) is 19.8 Å². The van der Waals surface area contributed by atoms with Crippen molar-refractivity contribution in [2.75, 3.05) is 6.61 Å². The number of nitrogens with two attached hydrogens (primary N) is 1. The van der Waals surface area contributed by atoms with E-state index in [2.05, 4.69) is 20.8 Å². The van der Waals surface area contributed by atoms with Gasteiger partial charge in [-0.1, -0.05) is 25.4 Å². The molecule has 10 heteroatoms. The molecule has 2 amide bonds. The van der Waals surface area contributed by atoms with Crippen LogP contribution in [0.25, 0.3) is 0 Å². The molecule has 25 heavy (non-hydrogen) atoms. The zero-order valence-corrected chi connectivity index (χ0v) is 14.9. The van der Waals surface area contributed by atoms with E-state index >= 15 is 0 Å². The Balaban J connectivity index is 2.91. The molecule has 0 aliphatic carbocycles. The van der Waals surface area contributed by atoms with Crippen molar-refractivity contribution < 1.29 is 24.3 Å². The minimum Gasteiger partial charge on any atom is -0.394 e. The number of nitrogens with zero attached hydrogens (tertiary/aromatic N) is 2. The largest absolute Gasteiger partial charge is 0.394 e. The second-order valence-electron chi connectivity index (χ2n) is 6.09. The van der Waals surface area contributed by atoms with E-state index in [9.17, 15) is 14.7 Å². The van der Waals surface area contributed by atoms with E-state index in [0.29, 0.717) is 6.42 Å². The highest BCUT2D eigenvalue weighted by Gasteiger charge is 2.29. The average Bonchev–Trinajstić information content (AvgIpc) is 3.05. The summed E-state index contributed by atoms with van der Waals surface area (Å²) in [4.78, 5) is 27.9. The van der Waals surface area contributed by atoms with Crippen LogP contribution in [0.3, 0.4) is 0 Å². The first kappa shape index (κ1) is 21.0. The van der Waals surface area contributed by atoms with Crippen molar-refractivity contribution in [3.8, 4) is 0 Å². The Bertz CT molecular complexity index is 576. The molecule has 10 nitrogen and oxygen atoms in total. The summed E-state index contributed by atoms with van der Waals surface area (Å²) in [6.45, 7) is 6.18. The summed E-state index contributed by atoms with van der Waals surface area (Å²) in [5.41, 5.74) is 5.65. The predicted molar refractivity (Wildman–Crippen MR) is 88.3 cm³/mol. The van der Waals surface area contributed by atoms with Crippen LogP contribution in [0.1, 0.15) is 57.9 Å². The third kappa shape index (κ3) is 5.76. The van der Waals surface area contributed by atoms with Crippen LogP contribution in [0.4, 0.5) is 4.79 Å². The number of aliphatic hydroxyl groups is 2. The fourth-order valence-corrected chi connectivity index (χ4v) is 2.17. The molecule has 1 aromatic rings.